The first-order valence-corrected chi connectivity index (χ1v) is 7.42. The van der Waals surface area contributed by atoms with Gasteiger partial charge in [0, 0.05) is 37.7 Å². The minimum absolute atomic E-state index is 0.370. The van der Waals surface area contributed by atoms with E-state index in [0.717, 1.165) is 36.8 Å². The molecule has 0 aliphatic carbocycles. The van der Waals surface area contributed by atoms with Gasteiger partial charge in [-0.3, -0.25) is 4.90 Å². The number of piperazine rings is 1. The highest BCUT2D eigenvalue weighted by atomic mass is 35.5. The van der Waals surface area contributed by atoms with Crippen LogP contribution in [0.3, 0.4) is 0 Å². The molecule has 0 aromatic heterocycles. The van der Waals surface area contributed by atoms with E-state index in [0.29, 0.717) is 19.8 Å². The molecular weight excluding hydrogens is 276 g/mol. The van der Waals surface area contributed by atoms with Crippen molar-refractivity contribution in [3.05, 3.63) is 34.9 Å². The van der Waals surface area contributed by atoms with Crippen molar-refractivity contribution < 1.29 is 9.84 Å². The van der Waals surface area contributed by atoms with Gasteiger partial charge in [0.25, 0.3) is 0 Å². The molecule has 1 saturated heterocycles. The molecule has 1 aromatic rings. The Morgan fingerprint density at radius 1 is 1.20 bits per heavy atom. The van der Waals surface area contributed by atoms with Gasteiger partial charge in [-0.1, -0.05) is 23.7 Å². The van der Waals surface area contributed by atoms with Crippen LogP contribution in [0.15, 0.2) is 24.3 Å². The molecule has 1 aliphatic rings. The van der Waals surface area contributed by atoms with Crippen molar-refractivity contribution in [3.8, 4) is 0 Å². The molecule has 1 N–H and O–H groups in total. The number of likely N-dealkylation sites (N-methyl/N-ethyl adjacent to an activating group) is 1. The van der Waals surface area contributed by atoms with E-state index in [2.05, 4.69) is 16.8 Å². The van der Waals surface area contributed by atoms with E-state index in [-0.39, 0.29) is 0 Å². The molecule has 2 rings (SSSR count). The molecule has 0 amide bonds. The summed E-state index contributed by atoms with van der Waals surface area (Å²) in [6.07, 6.45) is -0.425. The van der Waals surface area contributed by atoms with Crippen LogP contribution in [0, 0.1) is 0 Å². The van der Waals surface area contributed by atoms with E-state index >= 15 is 0 Å². The van der Waals surface area contributed by atoms with Crippen LogP contribution in [0.5, 0.6) is 0 Å². The number of benzene rings is 1. The fraction of sp³-hybridized carbons (Fsp3) is 0.600. The summed E-state index contributed by atoms with van der Waals surface area (Å²) in [6.45, 7) is 5.74. The summed E-state index contributed by atoms with van der Waals surface area (Å²) in [4.78, 5) is 4.59. The highest BCUT2D eigenvalue weighted by molar-refractivity contribution is 6.30. The van der Waals surface area contributed by atoms with Gasteiger partial charge in [-0.05, 0) is 24.7 Å². The zero-order valence-corrected chi connectivity index (χ0v) is 12.7. The van der Waals surface area contributed by atoms with E-state index in [1.54, 1.807) is 0 Å². The van der Waals surface area contributed by atoms with Crippen LogP contribution in [0.25, 0.3) is 0 Å². The summed E-state index contributed by atoms with van der Waals surface area (Å²) in [5.74, 6) is 0. The van der Waals surface area contributed by atoms with Crippen molar-refractivity contribution in [2.24, 2.45) is 0 Å². The molecule has 0 radical (unpaired) electrons. The molecule has 4 nitrogen and oxygen atoms in total. The molecule has 0 saturated carbocycles. The van der Waals surface area contributed by atoms with Gasteiger partial charge < -0.3 is 14.7 Å². The number of aliphatic hydroxyl groups excluding tert-OH is 1. The van der Waals surface area contributed by atoms with E-state index in [4.69, 9.17) is 16.3 Å². The molecule has 0 bridgehead atoms. The molecule has 1 atom stereocenters. The highest BCUT2D eigenvalue weighted by Crippen LogP contribution is 2.10. The molecule has 0 unspecified atom stereocenters. The lowest BCUT2D eigenvalue weighted by molar-refractivity contribution is 0.00297. The van der Waals surface area contributed by atoms with Gasteiger partial charge in [0.15, 0.2) is 0 Å². The van der Waals surface area contributed by atoms with Gasteiger partial charge in [-0.15, -0.1) is 0 Å². The lowest BCUT2D eigenvalue weighted by atomic mass is 10.2. The highest BCUT2D eigenvalue weighted by Gasteiger charge is 2.16. The molecule has 1 fully saturated rings. The van der Waals surface area contributed by atoms with Crippen LogP contribution in [-0.2, 0) is 11.3 Å². The first-order chi connectivity index (χ1) is 9.63. The summed E-state index contributed by atoms with van der Waals surface area (Å²) < 4.78 is 5.55. The summed E-state index contributed by atoms with van der Waals surface area (Å²) in [6, 6.07) is 7.58. The molecule has 1 aromatic carbocycles. The van der Waals surface area contributed by atoms with Crippen LogP contribution in [0.4, 0.5) is 0 Å². The second-order valence-electron chi connectivity index (χ2n) is 5.40. The number of ether oxygens (including phenoxy) is 1. The number of rotatable bonds is 6. The Labute approximate surface area is 125 Å². The molecule has 20 heavy (non-hydrogen) atoms. The molecule has 5 heteroatoms. The van der Waals surface area contributed by atoms with Crippen LogP contribution < -0.4 is 0 Å². The van der Waals surface area contributed by atoms with Crippen molar-refractivity contribution >= 4 is 11.6 Å². The normalized spacial score (nSPS) is 19.1. The Kier molecular flexibility index (Phi) is 6.26. The smallest absolute Gasteiger partial charge is 0.0900 e. The van der Waals surface area contributed by atoms with E-state index in [1.165, 1.54) is 0 Å². The third-order valence-corrected chi connectivity index (χ3v) is 3.81. The van der Waals surface area contributed by atoms with Gasteiger partial charge in [-0.2, -0.15) is 0 Å². The summed E-state index contributed by atoms with van der Waals surface area (Å²) >= 11 is 5.83. The average Bonchev–Trinajstić information content (AvgIpc) is 2.44. The maximum absolute atomic E-state index is 9.99. The lowest BCUT2D eigenvalue weighted by Gasteiger charge is -2.33. The number of aliphatic hydroxyl groups is 1. The minimum Gasteiger partial charge on any atom is -0.389 e. The molecular formula is C15H23ClN2O2. The number of halogens is 1. The van der Waals surface area contributed by atoms with Gasteiger partial charge in [0.1, 0.15) is 0 Å². The number of hydrogen-bond donors (Lipinski definition) is 1. The molecule has 1 heterocycles. The quantitative estimate of drug-likeness (QED) is 0.863. The first-order valence-electron chi connectivity index (χ1n) is 7.04. The monoisotopic (exact) mass is 298 g/mol. The number of nitrogens with zero attached hydrogens (tertiary/aromatic N) is 2. The minimum atomic E-state index is -0.425. The Hall–Kier alpha value is -0.650. The summed E-state index contributed by atoms with van der Waals surface area (Å²) in [7, 11) is 2.13. The Morgan fingerprint density at radius 3 is 2.50 bits per heavy atom. The SMILES string of the molecule is CN1CCN(C[C@H](O)COCc2ccc(Cl)cc2)CC1. The lowest BCUT2D eigenvalue weighted by Crippen LogP contribution is -2.47. The van der Waals surface area contributed by atoms with Crippen molar-refractivity contribution in [3.63, 3.8) is 0 Å². The van der Waals surface area contributed by atoms with E-state index < -0.39 is 6.10 Å². The first kappa shape index (κ1) is 15.7. The zero-order chi connectivity index (χ0) is 14.4. The predicted molar refractivity (Wildman–Crippen MR) is 81.1 cm³/mol. The standard InChI is InChI=1S/C15H23ClN2O2/c1-17-6-8-18(9-7-17)10-15(19)12-20-11-13-2-4-14(16)5-3-13/h2-5,15,19H,6-12H2,1H3/t15-/m0/s1. The van der Waals surface area contributed by atoms with Crippen LogP contribution in [0.1, 0.15) is 5.56 Å². The second kappa shape index (κ2) is 7.96. The van der Waals surface area contributed by atoms with Crippen molar-refractivity contribution in [2.45, 2.75) is 12.7 Å². The third kappa shape index (κ3) is 5.38. The second-order valence-corrected chi connectivity index (χ2v) is 5.84. The van der Waals surface area contributed by atoms with Gasteiger partial charge >= 0.3 is 0 Å². The summed E-state index contributed by atoms with van der Waals surface area (Å²) in [5.41, 5.74) is 1.07. The molecule has 1 aliphatic heterocycles. The maximum atomic E-state index is 9.99. The Morgan fingerprint density at radius 2 is 1.85 bits per heavy atom. The largest absolute Gasteiger partial charge is 0.389 e. The van der Waals surface area contributed by atoms with Crippen LogP contribution >= 0.6 is 11.6 Å². The zero-order valence-electron chi connectivity index (χ0n) is 12.0. The van der Waals surface area contributed by atoms with Gasteiger partial charge in [-0.25, -0.2) is 0 Å². The fourth-order valence-corrected chi connectivity index (χ4v) is 2.40. The Bertz CT molecular complexity index is 391. The van der Waals surface area contributed by atoms with Crippen molar-refractivity contribution in [2.75, 3.05) is 46.4 Å². The van der Waals surface area contributed by atoms with Gasteiger partial charge in [0.2, 0.25) is 0 Å². The van der Waals surface area contributed by atoms with Crippen molar-refractivity contribution in [1.29, 1.82) is 0 Å². The molecule has 112 valence electrons. The number of hydrogen-bond acceptors (Lipinski definition) is 4. The fourth-order valence-electron chi connectivity index (χ4n) is 2.27. The van der Waals surface area contributed by atoms with Gasteiger partial charge in [0.05, 0.1) is 19.3 Å². The maximum Gasteiger partial charge on any atom is 0.0900 e. The number of β-amino-alcohol motifs (C(OH)–C–C–N with tert-alkyl or cyclic N) is 1. The van der Waals surface area contributed by atoms with Crippen LogP contribution in [-0.4, -0.2) is 67.4 Å². The van der Waals surface area contributed by atoms with Crippen molar-refractivity contribution in [1.82, 2.24) is 9.80 Å². The van der Waals surface area contributed by atoms with Crippen LogP contribution in [0.2, 0.25) is 5.02 Å². The van der Waals surface area contributed by atoms with E-state index in [9.17, 15) is 5.11 Å². The molecule has 0 spiro atoms. The Balaban J connectivity index is 1.62. The summed E-state index contributed by atoms with van der Waals surface area (Å²) in [5, 5.41) is 10.7. The topological polar surface area (TPSA) is 35.9 Å². The van der Waals surface area contributed by atoms with E-state index in [1.807, 2.05) is 24.3 Å². The average molecular weight is 299 g/mol. The predicted octanol–water partition coefficient (Wildman–Crippen LogP) is 1.46. The third-order valence-electron chi connectivity index (χ3n) is 3.56.